The molecule has 0 spiro atoms. The van der Waals surface area contributed by atoms with E-state index in [0.717, 1.165) is 5.69 Å². The standard InChI is InChI=1S/C10H9ClN2O2S/c1-13(4-7-5-16-6-12-7)10(14)8-2-3-15-9(8)11/h2-3,5-6H,4H2,1H3. The lowest BCUT2D eigenvalue weighted by atomic mass is 10.3. The molecule has 0 N–H and O–H groups in total. The van der Waals surface area contributed by atoms with Gasteiger partial charge in [-0.1, -0.05) is 0 Å². The van der Waals surface area contributed by atoms with Crippen LogP contribution in [0.1, 0.15) is 16.1 Å². The average molecular weight is 257 g/mol. The highest BCUT2D eigenvalue weighted by Crippen LogP contribution is 2.18. The van der Waals surface area contributed by atoms with Crippen molar-refractivity contribution < 1.29 is 9.21 Å². The third kappa shape index (κ3) is 2.25. The minimum atomic E-state index is -0.174. The first-order chi connectivity index (χ1) is 7.68. The van der Waals surface area contributed by atoms with E-state index in [1.807, 2.05) is 5.38 Å². The number of aromatic nitrogens is 1. The van der Waals surface area contributed by atoms with E-state index in [1.54, 1.807) is 23.5 Å². The lowest BCUT2D eigenvalue weighted by Crippen LogP contribution is -2.26. The topological polar surface area (TPSA) is 46.3 Å². The zero-order chi connectivity index (χ0) is 11.5. The van der Waals surface area contributed by atoms with Crippen molar-refractivity contribution in [2.45, 2.75) is 6.54 Å². The average Bonchev–Trinajstić information content (AvgIpc) is 2.88. The van der Waals surface area contributed by atoms with Gasteiger partial charge in [0.15, 0.2) is 0 Å². The number of halogens is 1. The summed E-state index contributed by atoms with van der Waals surface area (Å²) in [7, 11) is 1.70. The summed E-state index contributed by atoms with van der Waals surface area (Å²) in [5.41, 5.74) is 2.97. The molecule has 0 saturated carbocycles. The molecule has 0 aliphatic carbocycles. The van der Waals surface area contributed by atoms with Gasteiger partial charge in [-0.05, 0) is 17.7 Å². The Balaban J connectivity index is 2.08. The van der Waals surface area contributed by atoms with Gasteiger partial charge in [-0.2, -0.15) is 0 Å². The molecule has 84 valence electrons. The Morgan fingerprint density at radius 2 is 2.50 bits per heavy atom. The summed E-state index contributed by atoms with van der Waals surface area (Å²) >= 11 is 7.23. The molecule has 0 saturated heterocycles. The number of thiazole rings is 1. The Hall–Kier alpha value is -1.33. The normalized spacial score (nSPS) is 10.4. The van der Waals surface area contributed by atoms with Gasteiger partial charge in [0.1, 0.15) is 0 Å². The van der Waals surface area contributed by atoms with Gasteiger partial charge in [0, 0.05) is 12.4 Å². The van der Waals surface area contributed by atoms with Crippen molar-refractivity contribution in [3.63, 3.8) is 0 Å². The van der Waals surface area contributed by atoms with Crippen LogP contribution < -0.4 is 0 Å². The predicted octanol–water partition coefficient (Wildman–Crippen LogP) is 2.66. The SMILES string of the molecule is CN(Cc1cscn1)C(=O)c1ccoc1Cl. The molecule has 6 heteroatoms. The quantitative estimate of drug-likeness (QED) is 0.848. The molecule has 0 bridgehead atoms. The van der Waals surface area contributed by atoms with Gasteiger partial charge in [0.25, 0.3) is 5.91 Å². The number of hydrogen-bond acceptors (Lipinski definition) is 4. The fourth-order valence-electron chi connectivity index (χ4n) is 1.28. The summed E-state index contributed by atoms with van der Waals surface area (Å²) in [4.78, 5) is 17.6. The third-order valence-electron chi connectivity index (χ3n) is 2.08. The molecule has 4 nitrogen and oxygen atoms in total. The third-order valence-corrected chi connectivity index (χ3v) is 3.01. The molecule has 16 heavy (non-hydrogen) atoms. The molecule has 0 aliphatic rings. The fourth-order valence-corrected chi connectivity index (χ4v) is 2.03. The van der Waals surface area contributed by atoms with E-state index in [2.05, 4.69) is 4.98 Å². The largest absolute Gasteiger partial charge is 0.452 e. The van der Waals surface area contributed by atoms with Crippen molar-refractivity contribution in [3.05, 3.63) is 39.7 Å². The molecule has 0 atom stereocenters. The zero-order valence-electron chi connectivity index (χ0n) is 8.51. The van der Waals surface area contributed by atoms with Gasteiger partial charge in [-0.25, -0.2) is 4.98 Å². The van der Waals surface area contributed by atoms with Gasteiger partial charge in [0.05, 0.1) is 29.6 Å². The maximum Gasteiger partial charge on any atom is 0.258 e. The summed E-state index contributed by atoms with van der Waals surface area (Å²) in [5, 5.41) is 2.02. The van der Waals surface area contributed by atoms with Crippen molar-refractivity contribution in [2.24, 2.45) is 0 Å². The van der Waals surface area contributed by atoms with Crippen LogP contribution in [0.15, 0.2) is 27.6 Å². The summed E-state index contributed by atoms with van der Waals surface area (Å²) in [6, 6.07) is 1.56. The fraction of sp³-hybridized carbons (Fsp3) is 0.200. The maximum absolute atomic E-state index is 11.9. The Morgan fingerprint density at radius 3 is 3.06 bits per heavy atom. The van der Waals surface area contributed by atoms with Crippen LogP contribution in [0.3, 0.4) is 0 Å². The molecule has 0 fully saturated rings. The number of hydrogen-bond donors (Lipinski definition) is 0. The van der Waals surface area contributed by atoms with Crippen LogP contribution in [0.4, 0.5) is 0 Å². The second-order valence-electron chi connectivity index (χ2n) is 3.25. The highest BCUT2D eigenvalue weighted by atomic mass is 35.5. The minimum Gasteiger partial charge on any atom is -0.452 e. The summed E-state index contributed by atoms with van der Waals surface area (Å²) in [6.45, 7) is 0.462. The second-order valence-corrected chi connectivity index (χ2v) is 4.31. The van der Waals surface area contributed by atoms with Crippen molar-refractivity contribution in [1.82, 2.24) is 9.88 Å². The van der Waals surface area contributed by atoms with Crippen LogP contribution >= 0.6 is 22.9 Å². The van der Waals surface area contributed by atoms with E-state index < -0.39 is 0 Å². The van der Waals surface area contributed by atoms with Crippen LogP contribution in [-0.4, -0.2) is 22.8 Å². The summed E-state index contributed by atoms with van der Waals surface area (Å²) in [6.07, 6.45) is 1.40. The van der Waals surface area contributed by atoms with Crippen molar-refractivity contribution in [3.8, 4) is 0 Å². The first-order valence-corrected chi connectivity index (χ1v) is 5.86. The zero-order valence-corrected chi connectivity index (χ0v) is 10.1. The molecule has 0 radical (unpaired) electrons. The van der Waals surface area contributed by atoms with Crippen LogP contribution in [-0.2, 0) is 6.54 Å². The van der Waals surface area contributed by atoms with Crippen LogP contribution in [0, 0.1) is 0 Å². The molecule has 1 amide bonds. The number of carbonyl (C=O) groups excluding carboxylic acids is 1. The van der Waals surface area contributed by atoms with E-state index in [9.17, 15) is 4.79 Å². The molecule has 0 aliphatic heterocycles. The maximum atomic E-state index is 11.9. The Kier molecular flexibility index (Phi) is 3.26. The van der Waals surface area contributed by atoms with Crippen LogP contribution in [0.2, 0.25) is 5.22 Å². The highest BCUT2D eigenvalue weighted by Gasteiger charge is 2.17. The molecule has 2 aromatic heterocycles. The minimum absolute atomic E-state index is 0.120. The second kappa shape index (κ2) is 4.67. The van der Waals surface area contributed by atoms with Gasteiger partial charge in [-0.15, -0.1) is 11.3 Å². The van der Waals surface area contributed by atoms with E-state index in [-0.39, 0.29) is 11.1 Å². The first-order valence-electron chi connectivity index (χ1n) is 4.54. The molecule has 0 aromatic carbocycles. The van der Waals surface area contributed by atoms with Crippen molar-refractivity contribution in [1.29, 1.82) is 0 Å². The lowest BCUT2D eigenvalue weighted by molar-refractivity contribution is 0.0783. The van der Waals surface area contributed by atoms with E-state index >= 15 is 0 Å². The van der Waals surface area contributed by atoms with Crippen molar-refractivity contribution >= 4 is 28.8 Å². The number of nitrogens with zero attached hydrogens (tertiary/aromatic N) is 2. The smallest absolute Gasteiger partial charge is 0.258 e. The molecule has 2 rings (SSSR count). The monoisotopic (exact) mass is 256 g/mol. The summed E-state index contributed by atoms with van der Waals surface area (Å²) in [5.74, 6) is -0.174. The van der Waals surface area contributed by atoms with Gasteiger partial charge >= 0.3 is 0 Å². The van der Waals surface area contributed by atoms with E-state index in [4.69, 9.17) is 16.0 Å². The Bertz CT molecular complexity index is 481. The first kappa shape index (κ1) is 11.2. The van der Waals surface area contributed by atoms with Gasteiger partial charge in [0.2, 0.25) is 5.22 Å². The highest BCUT2D eigenvalue weighted by molar-refractivity contribution is 7.07. The van der Waals surface area contributed by atoms with Crippen LogP contribution in [0.5, 0.6) is 0 Å². The Labute approximate surface area is 101 Å². The number of carbonyl (C=O) groups is 1. The number of rotatable bonds is 3. The predicted molar refractivity (Wildman–Crippen MR) is 61.6 cm³/mol. The van der Waals surface area contributed by atoms with Crippen molar-refractivity contribution in [2.75, 3.05) is 7.05 Å². The molecule has 0 unspecified atom stereocenters. The molecule has 2 heterocycles. The molecular formula is C10H9ClN2O2S. The van der Waals surface area contributed by atoms with Gasteiger partial charge in [-0.3, -0.25) is 4.79 Å². The Morgan fingerprint density at radius 1 is 1.69 bits per heavy atom. The summed E-state index contributed by atoms with van der Waals surface area (Å²) < 4.78 is 4.88. The molecule has 2 aromatic rings. The van der Waals surface area contributed by atoms with E-state index in [0.29, 0.717) is 12.1 Å². The molecular weight excluding hydrogens is 248 g/mol. The lowest BCUT2D eigenvalue weighted by Gasteiger charge is -2.14. The van der Waals surface area contributed by atoms with Gasteiger partial charge < -0.3 is 9.32 Å². The van der Waals surface area contributed by atoms with Crippen LogP contribution in [0.25, 0.3) is 0 Å². The van der Waals surface area contributed by atoms with E-state index in [1.165, 1.54) is 17.6 Å². The number of furan rings is 1. The number of amides is 1.